The van der Waals surface area contributed by atoms with Crippen LogP contribution in [0.5, 0.6) is 0 Å². The largest absolute Gasteiger partial charge is 0.481 e. The third kappa shape index (κ3) is 4.82. The zero-order valence-corrected chi connectivity index (χ0v) is 12.4. The lowest BCUT2D eigenvalue weighted by atomic mass is 10.0. The van der Waals surface area contributed by atoms with Crippen LogP contribution in [-0.2, 0) is 14.8 Å². The number of anilines is 1. The zero-order chi connectivity index (χ0) is 15.2. The van der Waals surface area contributed by atoms with Gasteiger partial charge in [0.05, 0.1) is 4.90 Å². The molecule has 1 unspecified atom stereocenters. The summed E-state index contributed by atoms with van der Waals surface area (Å²) in [7, 11) is -2.06. The molecule has 0 heterocycles. The average molecular weight is 300 g/mol. The van der Waals surface area contributed by atoms with Crippen molar-refractivity contribution in [3.05, 3.63) is 24.3 Å². The van der Waals surface area contributed by atoms with Gasteiger partial charge in [-0.05, 0) is 37.2 Å². The maximum atomic E-state index is 11.5. The molecule has 0 spiro atoms. The van der Waals surface area contributed by atoms with Gasteiger partial charge in [-0.2, -0.15) is 0 Å². The highest BCUT2D eigenvalue weighted by atomic mass is 32.2. The van der Waals surface area contributed by atoms with Gasteiger partial charge in [0.2, 0.25) is 10.0 Å². The molecule has 0 fully saturated rings. The summed E-state index contributed by atoms with van der Waals surface area (Å²) in [6, 6.07) is 6.34. The van der Waals surface area contributed by atoms with Gasteiger partial charge in [-0.1, -0.05) is 13.3 Å². The van der Waals surface area contributed by atoms with E-state index in [-0.39, 0.29) is 17.2 Å². The van der Waals surface area contributed by atoms with E-state index in [1.807, 2.05) is 6.92 Å². The molecule has 3 N–H and O–H groups in total. The number of nitrogens with one attached hydrogen (secondary N) is 2. The van der Waals surface area contributed by atoms with Crippen molar-refractivity contribution in [2.24, 2.45) is 5.92 Å². The molecule has 7 heteroatoms. The van der Waals surface area contributed by atoms with E-state index < -0.39 is 16.0 Å². The normalized spacial score (nSPS) is 12.9. The molecular formula is C13H20N2O4S. The highest BCUT2D eigenvalue weighted by Crippen LogP contribution is 2.15. The number of rotatable bonds is 8. The van der Waals surface area contributed by atoms with E-state index in [1.54, 1.807) is 12.1 Å². The Bertz CT molecular complexity index is 540. The number of aliphatic carboxylic acids is 1. The summed E-state index contributed by atoms with van der Waals surface area (Å²) in [6.07, 6.45) is 0.890. The first-order valence-corrected chi connectivity index (χ1v) is 7.86. The van der Waals surface area contributed by atoms with Crippen LogP contribution in [0.4, 0.5) is 5.69 Å². The van der Waals surface area contributed by atoms with Gasteiger partial charge in [-0.15, -0.1) is 0 Å². The van der Waals surface area contributed by atoms with Crippen molar-refractivity contribution in [1.82, 2.24) is 4.72 Å². The number of hydrogen-bond acceptors (Lipinski definition) is 4. The molecule has 0 radical (unpaired) electrons. The molecule has 0 bridgehead atoms. The predicted octanol–water partition coefficient (Wildman–Crippen LogP) is 1.51. The molecular weight excluding hydrogens is 280 g/mol. The Morgan fingerprint density at radius 3 is 2.35 bits per heavy atom. The Kier molecular flexibility index (Phi) is 5.97. The number of carboxylic acids is 1. The second-order valence-electron chi connectivity index (χ2n) is 4.48. The summed E-state index contributed by atoms with van der Waals surface area (Å²) >= 11 is 0. The number of carboxylic acid groups (broad SMARTS) is 1. The molecule has 20 heavy (non-hydrogen) atoms. The van der Waals surface area contributed by atoms with E-state index in [0.29, 0.717) is 6.54 Å². The molecule has 0 saturated heterocycles. The first-order valence-electron chi connectivity index (χ1n) is 6.38. The van der Waals surface area contributed by atoms with Gasteiger partial charge in [0, 0.05) is 18.7 Å². The lowest BCUT2D eigenvalue weighted by Crippen LogP contribution is -2.19. The van der Waals surface area contributed by atoms with Crippen molar-refractivity contribution in [3.8, 4) is 0 Å². The number of sulfonamides is 1. The molecule has 0 amide bonds. The Morgan fingerprint density at radius 2 is 1.90 bits per heavy atom. The van der Waals surface area contributed by atoms with Crippen molar-refractivity contribution >= 4 is 21.7 Å². The number of benzene rings is 1. The topological polar surface area (TPSA) is 95.5 Å². The van der Waals surface area contributed by atoms with Crippen LogP contribution in [0, 0.1) is 5.92 Å². The van der Waals surface area contributed by atoms with Crippen LogP contribution < -0.4 is 10.0 Å². The van der Waals surface area contributed by atoms with E-state index in [2.05, 4.69) is 10.0 Å². The molecule has 0 aromatic heterocycles. The number of hydrogen-bond donors (Lipinski definition) is 3. The number of carbonyl (C=O) groups is 1. The maximum Gasteiger partial charge on any atom is 0.303 e. The van der Waals surface area contributed by atoms with Crippen molar-refractivity contribution in [2.75, 3.05) is 18.9 Å². The monoisotopic (exact) mass is 300 g/mol. The van der Waals surface area contributed by atoms with E-state index >= 15 is 0 Å². The van der Waals surface area contributed by atoms with Crippen LogP contribution in [-0.4, -0.2) is 33.1 Å². The first kappa shape index (κ1) is 16.5. The van der Waals surface area contributed by atoms with Gasteiger partial charge in [0.25, 0.3) is 0 Å². The summed E-state index contributed by atoms with van der Waals surface area (Å²) < 4.78 is 25.3. The SMILES string of the molecule is CCC(CNc1ccc(S(=O)(=O)NC)cc1)CC(=O)O. The molecule has 1 atom stereocenters. The fourth-order valence-electron chi connectivity index (χ4n) is 1.74. The molecule has 112 valence electrons. The second kappa shape index (κ2) is 7.25. The second-order valence-corrected chi connectivity index (χ2v) is 6.37. The molecule has 0 aliphatic carbocycles. The quantitative estimate of drug-likeness (QED) is 0.676. The lowest BCUT2D eigenvalue weighted by Gasteiger charge is -2.14. The summed E-state index contributed by atoms with van der Waals surface area (Å²) in [5, 5.41) is 11.9. The van der Waals surface area contributed by atoms with Gasteiger partial charge in [0.1, 0.15) is 0 Å². The lowest BCUT2D eigenvalue weighted by molar-refractivity contribution is -0.138. The fraction of sp³-hybridized carbons (Fsp3) is 0.462. The van der Waals surface area contributed by atoms with Crippen molar-refractivity contribution < 1.29 is 18.3 Å². The van der Waals surface area contributed by atoms with Crippen LogP contribution in [0.1, 0.15) is 19.8 Å². The van der Waals surface area contributed by atoms with Gasteiger partial charge >= 0.3 is 5.97 Å². The molecule has 0 aliphatic heterocycles. The zero-order valence-electron chi connectivity index (χ0n) is 11.6. The Morgan fingerprint density at radius 1 is 1.30 bits per heavy atom. The minimum Gasteiger partial charge on any atom is -0.481 e. The van der Waals surface area contributed by atoms with Crippen LogP contribution >= 0.6 is 0 Å². The van der Waals surface area contributed by atoms with Crippen molar-refractivity contribution in [1.29, 1.82) is 0 Å². The highest BCUT2D eigenvalue weighted by Gasteiger charge is 2.12. The summed E-state index contributed by atoms with van der Waals surface area (Å²) in [5.41, 5.74) is 0.767. The molecule has 0 aliphatic rings. The van der Waals surface area contributed by atoms with Gasteiger partial charge < -0.3 is 10.4 Å². The Labute approximate surface area is 119 Å². The van der Waals surface area contributed by atoms with Gasteiger partial charge in [-0.3, -0.25) is 4.79 Å². The van der Waals surface area contributed by atoms with Crippen molar-refractivity contribution in [2.45, 2.75) is 24.7 Å². The first-order chi connectivity index (χ1) is 9.39. The van der Waals surface area contributed by atoms with E-state index in [0.717, 1.165) is 12.1 Å². The summed E-state index contributed by atoms with van der Waals surface area (Å²) in [4.78, 5) is 10.9. The fourth-order valence-corrected chi connectivity index (χ4v) is 2.47. The van der Waals surface area contributed by atoms with E-state index in [4.69, 9.17) is 5.11 Å². The summed E-state index contributed by atoms with van der Waals surface area (Å²) in [5.74, 6) is -0.762. The molecule has 1 aromatic carbocycles. The third-order valence-corrected chi connectivity index (χ3v) is 4.50. The molecule has 6 nitrogen and oxygen atoms in total. The van der Waals surface area contributed by atoms with E-state index in [1.165, 1.54) is 19.2 Å². The highest BCUT2D eigenvalue weighted by molar-refractivity contribution is 7.89. The maximum absolute atomic E-state index is 11.5. The standard InChI is InChI=1S/C13H20N2O4S/c1-3-10(8-13(16)17)9-15-11-4-6-12(7-5-11)20(18,19)14-2/h4-7,10,14-15H,3,8-9H2,1-2H3,(H,16,17). The van der Waals surface area contributed by atoms with Crippen LogP contribution in [0.15, 0.2) is 29.2 Å². The molecule has 0 saturated carbocycles. The minimum absolute atomic E-state index is 0.0493. The Balaban J connectivity index is 2.64. The average Bonchev–Trinajstić information content (AvgIpc) is 2.43. The van der Waals surface area contributed by atoms with Crippen LogP contribution in [0.3, 0.4) is 0 Å². The van der Waals surface area contributed by atoms with Crippen LogP contribution in [0.2, 0.25) is 0 Å². The predicted molar refractivity (Wildman–Crippen MR) is 77.2 cm³/mol. The van der Waals surface area contributed by atoms with Crippen LogP contribution in [0.25, 0.3) is 0 Å². The molecule has 1 aromatic rings. The third-order valence-electron chi connectivity index (χ3n) is 3.07. The van der Waals surface area contributed by atoms with E-state index in [9.17, 15) is 13.2 Å². The van der Waals surface area contributed by atoms with Crippen molar-refractivity contribution in [3.63, 3.8) is 0 Å². The molecule has 1 rings (SSSR count). The summed E-state index contributed by atoms with van der Waals surface area (Å²) in [6.45, 7) is 2.48. The van der Waals surface area contributed by atoms with Gasteiger partial charge in [0.15, 0.2) is 0 Å². The van der Waals surface area contributed by atoms with Gasteiger partial charge in [-0.25, -0.2) is 13.1 Å². The smallest absolute Gasteiger partial charge is 0.303 e. The Hall–Kier alpha value is -1.60. The minimum atomic E-state index is -3.42.